The Labute approximate surface area is 90.7 Å². The van der Waals surface area contributed by atoms with E-state index in [2.05, 4.69) is 20.3 Å². The molecule has 1 aliphatic rings. The third-order valence-electron chi connectivity index (χ3n) is 1.77. The third kappa shape index (κ3) is 2.04. The first-order chi connectivity index (χ1) is 7.31. The van der Waals surface area contributed by atoms with Crippen LogP contribution in [0.5, 0.6) is 0 Å². The highest BCUT2D eigenvalue weighted by atomic mass is 32.2. The molecule has 0 aromatic carbocycles. The van der Waals surface area contributed by atoms with E-state index in [0.717, 1.165) is 0 Å². The van der Waals surface area contributed by atoms with Crippen molar-refractivity contribution in [1.82, 2.24) is 15.3 Å². The topological polar surface area (TPSA) is 67.2 Å². The van der Waals surface area contributed by atoms with Gasteiger partial charge in [0, 0.05) is 18.6 Å². The maximum atomic E-state index is 11.5. The smallest absolute Gasteiger partial charge is 0.260 e. The molecule has 76 valence electrons. The molecule has 0 atom stereocenters. The number of hydrogen-bond acceptors (Lipinski definition) is 5. The summed E-state index contributed by atoms with van der Waals surface area (Å²) >= 11 is 1.41. The van der Waals surface area contributed by atoms with Crippen molar-refractivity contribution in [2.75, 3.05) is 6.26 Å². The van der Waals surface area contributed by atoms with Gasteiger partial charge < -0.3 is 5.32 Å². The molecule has 0 saturated carbocycles. The summed E-state index contributed by atoms with van der Waals surface area (Å²) in [6, 6.07) is 0. The maximum Gasteiger partial charge on any atom is 0.260 e. The second-order valence-corrected chi connectivity index (χ2v) is 3.48. The fourth-order valence-electron chi connectivity index (χ4n) is 1.07. The lowest BCUT2D eigenvalue weighted by Gasteiger charge is -2.05. The Bertz CT molecular complexity index is 455. The number of nitrogens with one attached hydrogen (secondary N) is 1. The minimum absolute atomic E-state index is 0.245. The number of carbonyl (C=O) groups excluding carboxylic acids is 1. The summed E-state index contributed by atoms with van der Waals surface area (Å²) < 4.78 is 0. The number of allylic oxidation sites excluding steroid dienone is 1. The minimum Gasteiger partial charge on any atom is -0.328 e. The first kappa shape index (κ1) is 9.85. The Hall–Kier alpha value is -1.69. The molecule has 0 spiro atoms. The van der Waals surface area contributed by atoms with Gasteiger partial charge in [0.2, 0.25) is 0 Å². The van der Waals surface area contributed by atoms with Crippen molar-refractivity contribution in [1.29, 1.82) is 0 Å². The number of amides is 1. The number of hydrogen-bond donors (Lipinski definition) is 1. The molecule has 0 saturated heterocycles. The molecule has 1 aromatic rings. The number of aromatic nitrogens is 2. The van der Waals surface area contributed by atoms with Gasteiger partial charge in [-0.3, -0.25) is 4.79 Å². The molecule has 0 radical (unpaired) electrons. The molecule has 2 rings (SSSR count). The van der Waals surface area contributed by atoms with Gasteiger partial charge in [-0.05, 0) is 12.3 Å². The van der Waals surface area contributed by atoms with Gasteiger partial charge in [-0.2, -0.15) is 0 Å². The van der Waals surface area contributed by atoms with Gasteiger partial charge in [0.1, 0.15) is 5.56 Å². The first-order valence-corrected chi connectivity index (χ1v) is 5.45. The van der Waals surface area contributed by atoms with Gasteiger partial charge in [-0.1, -0.05) is 11.8 Å². The number of rotatable bonds is 1. The highest BCUT2D eigenvalue weighted by Gasteiger charge is 2.13. The van der Waals surface area contributed by atoms with E-state index in [0.29, 0.717) is 16.5 Å². The van der Waals surface area contributed by atoms with Crippen LogP contribution in [0.3, 0.4) is 0 Å². The molecule has 0 aliphatic carbocycles. The largest absolute Gasteiger partial charge is 0.328 e. The van der Waals surface area contributed by atoms with Crippen LogP contribution in [0.25, 0.3) is 0 Å². The van der Waals surface area contributed by atoms with Crippen molar-refractivity contribution in [3.63, 3.8) is 0 Å². The van der Waals surface area contributed by atoms with E-state index >= 15 is 0 Å². The predicted octanol–water partition coefficient (Wildman–Crippen LogP) is 1.16. The summed E-state index contributed by atoms with van der Waals surface area (Å²) in [5, 5.41) is 3.18. The van der Waals surface area contributed by atoms with Gasteiger partial charge in [-0.25, -0.2) is 15.0 Å². The molecule has 1 aromatic heterocycles. The van der Waals surface area contributed by atoms with Crippen molar-refractivity contribution < 1.29 is 4.79 Å². The SMILES string of the molecule is CSc1ncc2c(n1)N=CC=CNC2=O. The summed E-state index contributed by atoms with van der Waals surface area (Å²) in [5.41, 5.74) is 0.383. The number of aliphatic imine (C=N–C) groups is 1. The zero-order chi connectivity index (χ0) is 10.7. The summed E-state index contributed by atoms with van der Waals surface area (Å²) in [6.07, 6.45) is 8.10. The van der Waals surface area contributed by atoms with E-state index in [9.17, 15) is 4.79 Å². The molecule has 1 aliphatic heterocycles. The summed E-state index contributed by atoms with van der Waals surface area (Å²) in [6.45, 7) is 0. The van der Waals surface area contributed by atoms with Crippen LogP contribution >= 0.6 is 11.8 Å². The summed E-state index contributed by atoms with van der Waals surface area (Å²) in [7, 11) is 0. The second kappa shape index (κ2) is 4.22. The molecule has 2 heterocycles. The number of carbonyl (C=O) groups is 1. The summed E-state index contributed by atoms with van der Waals surface area (Å²) in [5.74, 6) is 0.155. The fraction of sp³-hybridized carbons (Fsp3) is 0.111. The van der Waals surface area contributed by atoms with Crippen molar-refractivity contribution in [3.05, 3.63) is 24.0 Å². The molecule has 0 bridgehead atoms. The second-order valence-electron chi connectivity index (χ2n) is 2.70. The molecule has 5 nitrogen and oxygen atoms in total. The van der Waals surface area contributed by atoms with Gasteiger partial charge in [0.25, 0.3) is 5.91 Å². The van der Waals surface area contributed by atoms with Crippen LogP contribution in [0.1, 0.15) is 10.4 Å². The normalized spacial score (nSPS) is 14.1. The van der Waals surface area contributed by atoms with Crippen molar-refractivity contribution in [2.45, 2.75) is 5.16 Å². The highest BCUT2D eigenvalue weighted by molar-refractivity contribution is 7.98. The average molecular weight is 220 g/mol. The molecule has 0 fully saturated rings. The number of fused-ring (bicyclic) bond motifs is 1. The standard InChI is InChI=1S/C9H8N4OS/c1-15-9-12-5-6-7(13-9)10-3-2-4-11-8(6)14/h2-5H,1H3,(H,11,14). The summed E-state index contributed by atoms with van der Waals surface area (Å²) in [4.78, 5) is 23.8. The molecule has 1 amide bonds. The number of thioether (sulfide) groups is 1. The van der Waals surface area contributed by atoms with E-state index in [4.69, 9.17) is 0 Å². The number of nitrogens with zero attached hydrogens (tertiary/aromatic N) is 3. The van der Waals surface area contributed by atoms with Crippen LogP contribution in [-0.4, -0.2) is 28.3 Å². The molecule has 0 unspecified atom stereocenters. The molecular formula is C9H8N4OS. The Morgan fingerprint density at radius 1 is 1.47 bits per heavy atom. The fourth-order valence-corrected chi connectivity index (χ4v) is 1.41. The van der Waals surface area contributed by atoms with Crippen LogP contribution in [-0.2, 0) is 0 Å². The minimum atomic E-state index is -0.245. The lowest BCUT2D eigenvalue weighted by molar-refractivity contribution is 0.0970. The Morgan fingerprint density at radius 3 is 3.13 bits per heavy atom. The van der Waals surface area contributed by atoms with Crippen LogP contribution in [0, 0.1) is 0 Å². The quantitative estimate of drug-likeness (QED) is 0.569. The Kier molecular flexibility index (Phi) is 2.77. The average Bonchev–Trinajstić information content (AvgIpc) is 2.25. The molecular weight excluding hydrogens is 212 g/mol. The van der Waals surface area contributed by atoms with E-state index in [1.54, 1.807) is 12.3 Å². The molecule has 15 heavy (non-hydrogen) atoms. The van der Waals surface area contributed by atoms with Crippen molar-refractivity contribution in [3.8, 4) is 0 Å². The van der Waals surface area contributed by atoms with E-state index < -0.39 is 0 Å². The Balaban J connectivity index is 2.52. The van der Waals surface area contributed by atoms with Gasteiger partial charge in [-0.15, -0.1) is 0 Å². The van der Waals surface area contributed by atoms with E-state index in [-0.39, 0.29) is 5.91 Å². The highest BCUT2D eigenvalue weighted by Crippen LogP contribution is 2.19. The zero-order valence-corrected chi connectivity index (χ0v) is 8.78. The van der Waals surface area contributed by atoms with Crippen LogP contribution in [0.2, 0.25) is 0 Å². The van der Waals surface area contributed by atoms with Gasteiger partial charge >= 0.3 is 0 Å². The van der Waals surface area contributed by atoms with Crippen molar-refractivity contribution in [2.24, 2.45) is 4.99 Å². The van der Waals surface area contributed by atoms with Crippen LogP contribution in [0.4, 0.5) is 5.82 Å². The van der Waals surface area contributed by atoms with Crippen molar-refractivity contribution >= 4 is 29.7 Å². The lowest BCUT2D eigenvalue weighted by Crippen LogP contribution is -2.18. The monoisotopic (exact) mass is 220 g/mol. The molecule has 6 heteroatoms. The first-order valence-electron chi connectivity index (χ1n) is 4.22. The molecule has 1 N–H and O–H groups in total. The third-order valence-corrected chi connectivity index (χ3v) is 2.33. The van der Waals surface area contributed by atoms with E-state index in [1.807, 2.05) is 6.26 Å². The predicted molar refractivity (Wildman–Crippen MR) is 58.6 cm³/mol. The lowest BCUT2D eigenvalue weighted by atomic mass is 10.3. The van der Waals surface area contributed by atoms with E-state index in [1.165, 1.54) is 24.2 Å². The van der Waals surface area contributed by atoms with Crippen LogP contribution in [0.15, 0.2) is 28.6 Å². The van der Waals surface area contributed by atoms with Gasteiger partial charge in [0.05, 0.1) is 0 Å². The van der Waals surface area contributed by atoms with Gasteiger partial charge in [0.15, 0.2) is 11.0 Å². The Morgan fingerprint density at radius 2 is 2.33 bits per heavy atom. The maximum absolute atomic E-state index is 11.5. The zero-order valence-electron chi connectivity index (χ0n) is 7.97. The van der Waals surface area contributed by atoms with Crippen LogP contribution < -0.4 is 5.32 Å².